The topological polar surface area (TPSA) is 66.7 Å². The maximum atomic E-state index is 13.4. The van der Waals surface area contributed by atoms with Gasteiger partial charge in [0.2, 0.25) is 5.91 Å². The number of carbonyl (C=O) groups excluding carboxylic acids is 2. The highest BCUT2D eigenvalue weighted by molar-refractivity contribution is 7.17. The monoisotopic (exact) mass is 448 g/mol. The van der Waals surface area contributed by atoms with E-state index in [4.69, 9.17) is 0 Å². The van der Waals surface area contributed by atoms with Gasteiger partial charge in [0.25, 0.3) is 5.91 Å². The largest absolute Gasteiger partial charge is 0.347 e. The van der Waals surface area contributed by atoms with E-state index in [0.717, 1.165) is 26.4 Å². The van der Waals surface area contributed by atoms with Crippen LogP contribution in [0, 0.1) is 0 Å². The molecule has 0 saturated carbocycles. The van der Waals surface area contributed by atoms with Crippen LogP contribution in [0.2, 0.25) is 0 Å². The van der Waals surface area contributed by atoms with Crippen LogP contribution >= 0.6 is 22.7 Å². The minimum Gasteiger partial charge on any atom is -0.347 e. The quantitative estimate of drug-likeness (QED) is 0.488. The molecule has 2 amide bonds. The van der Waals surface area contributed by atoms with Gasteiger partial charge < -0.3 is 9.88 Å². The second-order valence-electron chi connectivity index (χ2n) is 7.37. The van der Waals surface area contributed by atoms with Gasteiger partial charge in [-0.05, 0) is 41.4 Å². The number of aromatic nitrogens is 1. The van der Waals surface area contributed by atoms with E-state index in [1.54, 1.807) is 22.7 Å². The third kappa shape index (κ3) is 3.80. The number of hydrazone groups is 1. The molecular weight excluding hydrogens is 428 g/mol. The Hall–Kier alpha value is -3.23. The zero-order valence-corrected chi connectivity index (χ0v) is 18.5. The van der Waals surface area contributed by atoms with Gasteiger partial charge in [-0.2, -0.15) is 5.10 Å². The van der Waals surface area contributed by atoms with E-state index in [1.807, 2.05) is 76.8 Å². The molecule has 1 aliphatic heterocycles. The molecule has 31 heavy (non-hydrogen) atoms. The molecule has 4 heterocycles. The lowest BCUT2D eigenvalue weighted by Crippen LogP contribution is -2.39. The lowest BCUT2D eigenvalue weighted by Gasteiger charge is -2.18. The molecule has 1 aliphatic rings. The fourth-order valence-electron chi connectivity index (χ4n) is 3.75. The van der Waals surface area contributed by atoms with Crippen molar-refractivity contribution in [2.45, 2.75) is 19.5 Å². The Morgan fingerprint density at radius 1 is 1.13 bits per heavy atom. The molecule has 0 saturated heterocycles. The maximum absolute atomic E-state index is 13.4. The normalized spacial score (nSPS) is 14.8. The number of rotatable bonds is 5. The molecule has 1 aromatic carbocycles. The van der Waals surface area contributed by atoms with E-state index >= 15 is 0 Å². The van der Waals surface area contributed by atoms with Gasteiger partial charge in [-0.15, -0.1) is 22.7 Å². The average molecular weight is 449 g/mol. The number of benzene rings is 1. The summed E-state index contributed by atoms with van der Waals surface area (Å²) in [6.07, 6.45) is 0. The Morgan fingerprint density at radius 3 is 2.74 bits per heavy atom. The standard InChI is InChI=1S/C23H20N4O2S2/c1-15(20-8-5-10-30-20)24-22(28)14-27-23(29)19-12-21-18(9-11-31-21)26(19)13-17(25-27)16-6-3-2-4-7-16/h2-12,15H,13-14H2,1H3,(H,24,28). The number of nitrogens with zero attached hydrogens (tertiary/aromatic N) is 3. The summed E-state index contributed by atoms with van der Waals surface area (Å²) in [7, 11) is 0. The van der Waals surface area contributed by atoms with Crippen molar-refractivity contribution < 1.29 is 9.59 Å². The van der Waals surface area contributed by atoms with Crippen molar-refractivity contribution >= 4 is 50.4 Å². The number of hydrogen-bond acceptors (Lipinski definition) is 5. The predicted molar refractivity (Wildman–Crippen MR) is 125 cm³/mol. The average Bonchev–Trinajstić information content (AvgIpc) is 3.50. The number of hydrogen-bond donors (Lipinski definition) is 1. The van der Waals surface area contributed by atoms with Crippen molar-refractivity contribution in [3.63, 3.8) is 0 Å². The Bertz CT molecular complexity index is 1270. The summed E-state index contributed by atoms with van der Waals surface area (Å²) < 4.78 is 3.04. The Balaban J connectivity index is 1.48. The molecule has 0 fully saturated rings. The molecule has 6 nitrogen and oxygen atoms in total. The summed E-state index contributed by atoms with van der Waals surface area (Å²) in [5.41, 5.74) is 3.23. The Kier molecular flexibility index (Phi) is 5.17. The van der Waals surface area contributed by atoms with Crippen LogP contribution in [0.25, 0.3) is 10.2 Å². The highest BCUT2D eigenvalue weighted by atomic mass is 32.1. The molecule has 3 aromatic heterocycles. The van der Waals surface area contributed by atoms with Crippen LogP contribution in [0.5, 0.6) is 0 Å². The second kappa shape index (κ2) is 8.13. The molecule has 0 aliphatic carbocycles. The molecule has 1 unspecified atom stereocenters. The van der Waals surface area contributed by atoms with Crippen molar-refractivity contribution in [3.05, 3.63) is 81.5 Å². The molecule has 1 atom stereocenters. The minimum atomic E-state index is -0.270. The van der Waals surface area contributed by atoms with Gasteiger partial charge in [0.15, 0.2) is 0 Å². The van der Waals surface area contributed by atoms with E-state index < -0.39 is 0 Å². The summed E-state index contributed by atoms with van der Waals surface area (Å²) in [6.45, 7) is 2.27. The van der Waals surface area contributed by atoms with Crippen LogP contribution in [0.3, 0.4) is 0 Å². The van der Waals surface area contributed by atoms with Crippen LogP contribution in [-0.2, 0) is 11.3 Å². The van der Waals surface area contributed by atoms with Crippen LogP contribution < -0.4 is 5.32 Å². The van der Waals surface area contributed by atoms with Crippen molar-refractivity contribution in [2.75, 3.05) is 6.54 Å². The first-order valence-corrected chi connectivity index (χ1v) is 11.7. The first-order valence-electron chi connectivity index (χ1n) is 9.94. The third-order valence-electron chi connectivity index (χ3n) is 5.27. The van der Waals surface area contributed by atoms with Crippen molar-refractivity contribution in [3.8, 4) is 0 Å². The van der Waals surface area contributed by atoms with E-state index in [0.29, 0.717) is 12.2 Å². The molecule has 0 bridgehead atoms. The molecule has 156 valence electrons. The Labute approximate surface area is 187 Å². The molecule has 5 rings (SSSR count). The smallest absolute Gasteiger partial charge is 0.291 e. The molecule has 8 heteroatoms. The van der Waals surface area contributed by atoms with Crippen molar-refractivity contribution in [2.24, 2.45) is 5.10 Å². The zero-order chi connectivity index (χ0) is 21.4. The van der Waals surface area contributed by atoms with Crippen LogP contribution in [0.15, 0.2) is 70.5 Å². The summed E-state index contributed by atoms with van der Waals surface area (Å²) in [6, 6.07) is 17.5. The van der Waals surface area contributed by atoms with Crippen molar-refractivity contribution in [1.29, 1.82) is 0 Å². The van der Waals surface area contributed by atoms with E-state index in [-0.39, 0.29) is 24.4 Å². The predicted octanol–water partition coefficient (Wildman–Crippen LogP) is 4.50. The first kappa shape index (κ1) is 19.7. The highest BCUT2D eigenvalue weighted by Crippen LogP contribution is 2.28. The number of carbonyl (C=O) groups is 2. The van der Waals surface area contributed by atoms with E-state index in [9.17, 15) is 9.59 Å². The number of fused-ring (bicyclic) bond motifs is 3. The van der Waals surface area contributed by atoms with Crippen LogP contribution in [0.1, 0.15) is 33.9 Å². The maximum Gasteiger partial charge on any atom is 0.291 e. The van der Waals surface area contributed by atoms with E-state index in [1.165, 1.54) is 5.01 Å². The van der Waals surface area contributed by atoms with Gasteiger partial charge in [-0.3, -0.25) is 9.59 Å². The van der Waals surface area contributed by atoms with Crippen LogP contribution in [-0.4, -0.2) is 33.6 Å². The Morgan fingerprint density at radius 2 is 1.97 bits per heavy atom. The zero-order valence-electron chi connectivity index (χ0n) is 16.8. The minimum absolute atomic E-state index is 0.124. The van der Waals surface area contributed by atoms with Gasteiger partial charge in [0.1, 0.15) is 12.2 Å². The number of nitrogens with one attached hydrogen (secondary N) is 1. The van der Waals surface area contributed by atoms with E-state index in [2.05, 4.69) is 10.4 Å². The number of thiophene rings is 2. The van der Waals surface area contributed by atoms with Crippen LogP contribution in [0.4, 0.5) is 0 Å². The molecule has 4 aromatic rings. The fraction of sp³-hybridized carbons (Fsp3) is 0.174. The molecule has 0 radical (unpaired) electrons. The highest BCUT2D eigenvalue weighted by Gasteiger charge is 2.28. The fourth-order valence-corrected chi connectivity index (χ4v) is 5.30. The lowest BCUT2D eigenvalue weighted by molar-refractivity contribution is -0.122. The second-order valence-corrected chi connectivity index (χ2v) is 9.29. The third-order valence-corrected chi connectivity index (χ3v) is 7.18. The van der Waals surface area contributed by atoms with Gasteiger partial charge >= 0.3 is 0 Å². The first-order chi connectivity index (χ1) is 15.1. The lowest BCUT2D eigenvalue weighted by atomic mass is 10.1. The number of amides is 2. The molecule has 1 N–H and O–H groups in total. The summed E-state index contributed by atoms with van der Waals surface area (Å²) in [5.74, 6) is -0.513. The summed E-state index contributed by atoms with van der Waals surface area (Å²) in [4.78, 5) is 27.2. The summed E-state index contributed by atoms with van der Waals surface area (Å²) in [5, 5.41) is 12.9. The van der Waals surface area contributed by atoms with Gasteiger partial charge in [-0.25, -0.2) is 5.01 Å². The van der Waals surface area contributed by atoms with Gasteiger partial charge in [0.05, 0.1) is 28.5 Å². The molecule has 0 spiro atoms. The van der Waals surface area contributed by atoms with Crippen molar-refractivity contribution in [1.82, 2.24) is 14.9 Å². The van der Waals surface area contributed by atoms with Gasteiger partial charge in [-0.1, -0.05) is 36.4 Å². The SMILES string of the molecule is CC(NC(=O)CN1N=C(c2ccccc2)Cn2c(cc3sccc32)C1=O)c1cccs1. The summed E-state index contributed by atoms with van der Waals surface area (Å²) >= 11 is 3.19. The molecular formula is C23H20N4O2S2. The van der Waals surface area contributed by atoms with Gasteiger partial charge in [0, 0.05) is 4.88 Å².